The molecule has 2 rings (SSSR count). The Morgan fingerprint density at radius 3 is 2.29 bits per heavy atom. The zero-order valence-electron chi connectivity index (χ0n) is 12.4. The zero-order valence-corrected chi connectivity index (χ0v) is 13.2. The first-order chi connectivity index (χ1) is 10.0. The van der Waals surface area contributed by atoms with Gasteiger partial charge in [0.1, 0.15) is 5.75 Å². The summed E-state index contributed by atoms with van der Waals surface area (Å²) in [6, 6.07) is 4.02. The van der Waals surface area contributed by atoms with E-state index in [2.05, 4.69) is 20.3 Å². The average Bonchev–Trinajstić information content (AvgIpc) is 2.44. The number of hydrogen-bond acceptors (Lipinski definition) is 6. The number of anilines is 1. The number of hydrogen-bond donors (Lipinski definition) is 1. The van der Waals surface area contributed by atoms with E-state index >= 15 is 0 Å². The summed E-state index contributed by atoms with van der Waals surface area (Å²) in [5.74, 6) is 1.02. The van der Waals surface area contributed by atoms with Gasteiger partial charge in [-0.25, -0.2) is 0 Å². The lowest BCUT2D eigenvalue weighted by molar-refractivity contribution is 0.360. The Hall–Kier alpha value is -2.08. The standard InChI is InChI=1S/C14H17ClN4O2/c1-5-16-12-17-13(20-4)19-14(18-12)21-10-6-8(2)11(15)9(3)7-10/h6-7H,5H2,1-4H3,(H,16,17,18,19). The van der Waals surface area contributed by atoms with Gasteiger partial charge in [-0.3, -0.25) is 0 Å². The van der Waals surface area contributed by atoms with Gasteiger partial charge in [0.15, 0.2) is 0 Å². The second-order valence-corrected chi connectivity index (χ2v) is 4.81. The molecule has 0 fully saturated rings. The molecule has 0 saturated carbocycles. The third kappa shape index (κ3) is 3.72. The molecule has 0 aliphatic rings. The van der Waals surface area contributed by atoms with Crippen LogP contribution in [-0.2, 0) is 0 Å². The minimum Gasteiger partial charge on any atom is -0.467 e. The minimum atomic E-state index is 0.166. The lowest BCUT2D eigenvalue weighted by Gasteiger charge is -2.10. The van der Waals surface area contributed by atoms with Crippen LogP contribution in [0.1, 0.15) is 18.1 Å². The predicted octanol–water partition coefficient (Wildman–Crippen LogP) is 3.37. The molecule has 1 heterocycles. The highest BCUT2D eigenvalue weighted by atomic mass is 35.5. The van der Waals surface area contributed by atoms with E-state index in [1.54, 1.807) is 0 Å². The summed E-state index contributed by atoms with van der Waals surface area (Å²) < 4.78 is 10.7. The molecule has 112 valence electrons. The van der Waals surface area contributed by atoms with Crippen molar-refractivity contribution >= 4 is 17.5 Å². The summed E-state index contributed by atoms with van der Waals surface area (Å²) in [5.41, 5.74) is 1.86. The van der Waals surface area contributed by atoms with Crippen LogP contribution in [0.3, 0.4) is 0 Å². The van der Waals surface area contributed by atoms with Gasteiger partial charge in [0.25, 0.3) is 0 Å². The van der Waals surface area contributed by atoms with Crippen LogP contribution < -0.4 is 14.8 Å². The van der Waals surface area contributed by atoms with Crippen molar-refractivity contribution < 1.29 is 9.47 Å². The van der Waals surface area contributed by atoms with Crippen LogP contribution in [0.2, 0.25) is 5.02 Å². The predicted molar refractivity (Wildman–Crippen MR) is 81.5 cm³/mol. The van der Waals surface area contributed by atoms with E-state index in [9.17, 15) is 0 Å². The topological polar surface area (TPSA) is 69.2 Å². The first-order valence-electron chi connectivity index (χ1n) is 6.52. The Morgan fingerprint density at radius 2 is 1.71 bits per heavy atom. The normalized spacial score (nSPS) is 10.3. The Labute approximate surface area is 128 Å². The van der Waals surface area contributed by atoms with Gasteiger partial charge in [-0.05, 0) is 44.0 Å². The molecule has 1 N–H and O–H groups in total. The highest BCUT2D eigenvalue weighted by molar-refractivity contribution is 6.32. The fourth-order valence-electron chi connectivity index (χ4n) is 1.78. The van der Waals surface area contributed by atoms with Crippen molar-refractivity contribution in [3.63, 3.8) is 0 Å². The lowest BCUT2D eigenvalue weighted by Crippen LogP contribution is -2.06. The second kappa shape index (κ2) is 6.58. The molecule has 0 unspecified atom stereocenters. The summed E-state index contributed by atoms with van der Waals surface area (Å²) in [6.45, 7) is 6.47. The van der Waals surface area contributed by atoms with E-state index in [0.29, 0.717) is 18.2 Å². The maximum absolute atomic E-state index is 6.14. The minimum absolute atomic E-state index is 0.166. The maximum Gasteiger partial charge on any atom is 0.330 e. The van der Waals surface area contributed by atoms with Crippen LogP contribution in [0.5, 0.6) is 17.8 Å². The van der Waals surface area contributed by atoms with E-state index in [1.165, 1.54) is 7.11 Å². The van der Waals surface area contributed by atoms with Crippen LogP contribution in [0, 0.1) is 13.8 Å². The Balaban J connectivity index is 2.32. The lowest BCUT2D eigenvalue weighted by atomic mass is 10.1. The van der Waals surface area contributed by atoms with Crippen LogP contribution in [0.25, 0.3) is 0 Å². The summed E-state index contributed by atoms with van der Waals surface area (Å²) >= 11 is 6.14. The molecular formula is C14H17ClN4O2. The largest absolute Gasteiger partial charge is 0.467 e. The van der Waals surface area contributed by atoms with Crippen molar-refractivity contribution in [1.82, 2.24) is 15.0 Å². The van der Waals surface area contributed by atoms with Crippen molar-refractivity contribution in [3.8, 4) is 17.8 Å². The molecule has 0 radical (unpaired) electrons. The van der Waals surface area contributed by atoms with Crippen molar-refractivity contribution in [2.45, 2.75) is 20.8 Å². The van der Waals surface area contributed by atoms with E-state index in [4.69, 9.17) is 21.1 Å². The molecule has 1 aromatic carbocycles. The van der Waals surface area contributed by atoms with Crippen LogP contribution in [-0.4, -0.2) is 28.6 Å². The molecule has 21 heavy (non-hydrogen) atoms. The van der Waals surface area contributed by atoms with Crippen molar-refractivity contribution in [3.05, 3.63) is 28.3 Å². The number of nitrogens with one attached hydrogen (secondary N) is 1. The van der Waals surface area contributed by atoms with Gasteiger partial charge in [0.05, 0.1) is 7.11 Å². The SMILES string of the molecule is CCNc1nc(OC)nc(Oc2cc(C)c(Cl)c(C)c2)n1. The van der Waals surface area contributed by atoms with Gasteiger partial charge in [-0.1, -0.05) is 11.6 Å². The highest BCUT2D eigenvalue weighted by Crippen LogP contribution is 2.28. The molecule has 0 spiro atoms. The second-order valence-electron chi connectivity index (χ2n) is 4.43. The average molecular weight is 309 g/mol. The molecule has 0 atom stereocenters. The van der Waals surface area contributed by atoms with Gasteiger partial charge < -0.3 is 14.8 Å². The third-order valence-corrected chi connectivity index (χ3v) is 3.33. The number of nitrogens with zero attached hydrogens (tertiary/aromatic N) is 3. The fraction of sp³-hybridized carbons (Fsp3) is 0.357. The van der Waals surface area contributed by atoms with Crippen molar-refractivity contribution in [1.29, 1.82) is 0 Å². The summed E-state index contributed by atoms with van der Waals surface area (Å²) in [5, 5.41) is 3.72. The van der Waals surface area contributed by atoms with Gasteiger partial charge in [-0.2, -0.15) is 9.97 Å². The zero-order chi connectivity index (χ0) is 15.4. The molecule has 0 aliphatic carbocycles. The number of methoxy groups -OCH3 is 1. The van der Waals surface area contributed by atoms with Gasteiger partial charge in [0, 0.05) is 11.6 Å². The van der Waals surface area contributed by atoms with Crippen molar-refractivity contribution in [2.75, 3.05) is 19.0 Å². The first kappa shape index (κ1) is 15.3. The van der Waals surface area contributed by atoms with E-state index in [-0.39, 0.29) is 12.0 Å². The van der Waals surface area contributed by atoms with Crippen LogP contribution in [0.4, 0.5) is 5.95 Å². The molecule has 0 amide bonds. The molecule has 6 nitrogen and oxygen atoms in total. The number of benzene rings is 1. The Bertz CT molecular complexity index is 626. The van der Waals surface area contributed by atoms with Crippen molar-refractivity contribution in [2.24, 2.45) is 0 Å². The number of aryl methyl sites for hydroxylation is 2. The van der Waals surface area contributed by atoms with E-state index < -0.39 is 0 Å². The molecule has 2 aromatic rings. The molecular weight excluding hydrogens is 292 g/mol. The Morgan fingerprint density at radius 1 is 1.10 bits per heavy atom. The van der Waals surface area contributed by atoms with Crippen LogP contribution >= 0.6 is 11.6 Å². The maximum atomic E-state index is 6.14. The van der Waals surface area contributed by atoms with E-state index in [0.717, 1.165) is 16.1 Å². The summed E-state index contributed by atoms with van der Waals surface area (Å²) in [7, 11) is 1.49. The summed E-state index contributed by atoms with van der Waals surface area (Å²) in [6.07, 6.45) is 0. The summed E-state index contributed by atoms with van der Waals surface area (Å²) in [4.78, 5) is 12.3. The Kier molecular flexibility index (Phi) is 4.80. The molecule has 0 saturated heterocycles. The van der Waals surface area contributed by atoms with Gasteiger partial charge >= 0.3 is 12.0 Å². The van der Waals surface area contributed by atoms with Crippen LogP contribution in [0.15, 0.2) is 12.1 Å². The third-order valence-electron chi connectivity index (χ3n) is 2.73. The highest BCUT2D eigenvalue weighted by Gasteiger charge is 2.10. The first-order valence-corrected chi connectivity index (χ1v) is 6.89. The smallest absolute Gasteiger partial charge is 0.330 e. The fourth-order valence-corrected chi connectivity index (χ4v) is 1.89. The quantitative estimate of drug-likeness (QED) is 0.913. The molecule has 0 bridgehead atoms. The van der Waals surface area contributed by atoms with Gasteiger partial charge in [-0.15, -0.1) is 4.98 Å². The molecule has 1 aromatic heterocycles. The van der Waals surface area contributed by atoms with E-state index in [1.807, 2.05) is 32.9 Å². The number of aromatic nitrogens is 3. The molecule has 0 aliphatic heterocycles. The number of rotatable bonds is 5. The molecule has 7 heteroatoms. The number of ether oxygens (including phenoxy) is 2. The van der Waals surface area contributed by atoms with Gasteiger partial charge in [0.2, 0.25) is 5.95 Å². The monoisotopic (exact) mass is 308 g/mol. The number of halogens is 1.